The molecule has 1 heteroatoms. The number of rotatable bonds is 0. The molecular weight excluding hydrogens is 160 g/mol. The van der Waals surface area contributed by atoms with E-state index in [4.69, 9.17) is 0 Å². The molecule has 0 aromatic rings. The molecule has 1 nitrogen and oxygen atoms in total. The fourth-order valence-electron chi connectivity index (χ4n) is 4.59. The highest BCUT2D eigenvalue weighted by Crippen LogP contribution is 2.63. The molecule has 0 aromatic heterocycles. The molecule has 4 aliphatic carbocycles. The van der Waals surface area contributed by atoms with Gasteiger partial charge in [0.15, 0.2) is 0 Å². The summed E-state index contributed by atoms with van der Waals surface area (Å²) in [6.45, 7) is 4.52. The van der Waals surface area contributed by atoms with Gasteiger partial charge in [-0.3, -0.25) is 0 Å². The summed E-state index contributed by atoms with van der Waals surface area (Å²) in [6.07, 6.45) is 6.62. The Morgan fingerprint density at radius 3 is 2.00 bits per heavy atom. The molecule has 0 amide bonds. The molecule has 4 aliphatic rings. The fraction of sp³-hybridized carbons (Fsp3) is 1.00. The van der Waals surface area contributed by atoms with Gasteiger partial charge < -0.3 is 5.11 Å². The van der Waals surface area contributed by atoms with E-state index in [0.717, 1.165) is 5.92 Å². The van der Waals surface area contributed by atoms with E-state index >= 15 is 0 Å². The molecule has 2 unspecified atom stereocenters. The van der Waals surface area contributed by atoms with Crippen molar-refractivity contribution in [2.75, 3.05) is 0 Å². The van der Waals surface area contributed by atoms with Crippen LogP contribution in [-0.4, -0.2) is 10.7 Å². The molecule has 4 bridgehead atoms. The summed E-state index contributed by atoms with van der Waals surface area (Å²) in [5.41, 5.74) is 0.273. The highest BCUT2D eigenvalue weighted by Gasteiger charge is 2.57. The van der Waals surface area contributed by atoms with Crippen LogP contribution in [0.15, 0.2) is 0 Å². The summed E-state index contributed by atoms with van der Waals surface area (Å²) in [4.78, 5) is 0. The first-order valence-corrected chi connectivity index (χ1v) is 5.72. The van der Waals surface area contributed by atoms with Gasteiger partial charge in [0.25, 0.3) is 0 Å². The van der Waals surface area contributed by atoms with Crippen LogP contribution in [0.3, 0.4) is 0 Å². The molecule has 0 aromatic carbocycles. The van der Waals surface area contributed by atoms with Crippen LogP contribution < -0.4 is 0 Å². The zero-order valence-corrected chi connectivity index (χ0v) is 8.71. The van der Waals surface area contributed by atoms with Crippen molar-refractivity contribution in [3.05, 3.63) is 0 Å². The van der Waals surface area contributed by atoms with Crippen LogP contribution in [0.2, 0.25) is 0 Å². The summed E-state index contributed by atoms with van der Waals surface area (Å²) in [7, 11) is 0. The van der Waals surface area contributed by atoms with Crippen LogP contribution in [0, 0.1) is 23.2 Å². The molecule has 74 valence electrons. The average molecular weight is 180 g/mol. The Labute approximate surface area is 80.5 Å². The number of hydrogen-bond acceptors (Lipinski definition) is 1. The fourth-order valence-corrected chi connectivity index (χ4v) is 4.59. The lowest BCUT2D eigenvalue weighted by molar-refractivity contribution is -0.187. The second-order valence-electron chi connectivity index (χ2n) is 6.38. The second kappa shape index (κ2) is 2.13. The molecule has 4 rings (SSSR count). The third-order valence-corrected chi connectivity index (χ3v) is 5.15. The van der Waals surface area contributed by atoms with E-state index in [1.807, 2.05) is 0 Å². The minimum Gasteiger partial charge on any atom is -0.390 e. The normalized spacial score (nSPS) is 64.4. The van der Waals surface area contributed by atoms with Gasteiger partial charge in [-0.25, -0.2) is 0 Å². The Morgan fingerprint density at radius 2 is 1.54 bits per heavy atom. The quantitative estimate of drug-likeness (QED) is 0.607. The van der Waals surface area contributed by atoms with Crippen molar-refractivity contribution in [3.63, 3.8) is 0 Å². The monoisotopic (exact) mass is 180 g/mol. The molecule has 13 heavy (non-hydrogen) atoms. The lowest BCUT2D eigenvalue weighted by Gasteiger charge is -2.62. The van der Waals surface area contributed by atoms with Crippen molar-refractivity contribution in [3.8, 4) is 0 Å². The lowest BCUT2D eigenvalue weighted by atomic mass is 9.45. The van der Waals surface area contributed by atoms with Gasteiger partial charge in [-0.05, 0) is 62.2 Å². The molecule has 4 fully saturated rings. The van der Waals surface area contributed by atoms with Crippen LogP contribution in [-0.2, 0) is 0 Å². The predicted molar refractivity (Wildman–Crippen MR) is 52.3 cm³/mol. The zero-order valence-electron chi connectivity index (χ0n) is 8.71. The van der Waals surface area contributed by atoms with E-state index in [9.17, 15) is 5.11 Å². The van der Waals surface area contributed by atoms with Crippen molar-refractivity contribution in [2.45, 2.75) is 51.6 Å². The van der Waals surface area contributed by atoms with Gasteiger partial charge in [0.1, 0.15) is 0 Å². The molecule has 0 spiro atoms. The third kappa shape index (κ3) is 0.971. The third-order valence-electron chi connectivity index (χ3n) is 5.15. The largest absolute Gasteiger partial charge is 0.390 e. The van der Waals surface area contributed by atoms with Crippen molar-refractivity contribution >= 4 is 0 Å². The zero-order chi connectivity index (χ0) is 9.27. The van der Waals surface area contributed by atoms with Crippen LogP contribution >= 0.6 is 0 Å². The van der Waals surface area contributed by atoms with Gasteiger partial charge in [-0.2, -0.15) is 0 Å². The van der Waals surface area contributed by atoms with Gasteiger partial charge in [-0.1, -0.05) is 6.92 Å². The Balaban J connectivity index is 1.99. The summed E-state index contributed by atoms with van der Waals surface area (Å²) in [5, 5.41) is 10.4. The van der Waals surface area contributed by atoms with Gasteiger partial charge in [0.05, 0.1) is 5.60 Å². The second-order valence-corrected chi connectivity index (χ2v) is 6.38. The summed E-state index contributed by atoms with van der Waals surface area (Å²) in [6, 6.07) is 0. The lowest BCUT2D eigenvalue weighted by Crippen LogP contribution is -2.58. The minimum absolute atomic E-state index is 0.323. The molecule has 2 atom stereocenters. The van der Waals surface area contributed by atoms with E-state index in [1.165, 1.54) is 32.1 Å². The van der Waals surface area contributed by atoms with Crippen molar-refractivity contribution in [1.29, 1.82) is 0 Å². The van der Waals surface area contributed by atoms with Gasteiger partial charge >= 0.3 is 0 Å². The first-order valence-electron chi connectivity index (χ1n) is 5.72. The van der Waals surface area contributed by atoms with E-state index in [1.54, 1.807) is 0 Å². The van der Waals surface area contributed by atoms with Crippen molar-refractivity contribution in [2.24, 2.45) is 23.2 Å². The Morgan fingerprint density at radius 1 is 1.00 bits per heavy atom. The van der Waals surface area contributed by atoms with E-state index in [2.05, 4.69) is 13.8 Å². The van der Waals surface area contributed by atoms with Gasteiger partial charge in [0.2, 0.25) is 0 Å². The highest BCUT2D eigenvalue weighted by atomic mass is 16.3. The Hall–Kier alpha value is -0.0400. The summed E-state index contributed by atoms with van der Waals surface area (Å²) < 4.78 is 0. The van der Waals surface area contributed by atoms with Crippen LogP contribution in [0.1, 0.15) is 46.0 Å². The molecule has 0 radical (unpaired) electrons. The molecule has 0 heterocycles. The molecule has 0 aliphatic heterocycles. The standard InChI is InChI=1S/C12H20O/c1-11-5-8-3-9(6-11)12(2,13)10(4-8)7-11/h8-10,13H,3-7H2,1-2H3. The maximum atomic E-state index is 10.4. The highest BCUT2D eigenvalue weighted by molar-refractivity contribution is 5.08. The smallest absolute Gasteiger partial charge is 0.0676 e. The number of aliphatic hydroxyl groups is 1. The SMILES string of the molecule is CC12CC3CC(C1)C(C)(O)C(C3)C2. The summed E-state index contributed by atoms with van der Waals surface area (Å²) in [5.74, 6) is 2.18. The van der Waals surface area contributed by atoms with E-state index in [0.29, 0.717) is 17.3 Å². The van der Waals surface area contributed by atoms with Crippen LogP contribution in [0.4, 0.5) is 0 Å². The first kappa shape index (κ1) is 8.28. The Kier molecular flexibility index (Phi) is 1.36. The van der Waals surface area contributed by atoms with E-state index < -0.39 is 0 Å². The van der Waals surface area contributed by atoms with Crippen molar-refractivity contribution < 1.29 is 5.11 Å². The first-order chi connectivity index (χ1) is 6.00. The van der Waals surface area contributed by atoms with Crippen molar-refractivity contribution in [1.82, 2.24) is 0 Å². The number of hydrogen-bond donors (Lipinski definition) is 1. The molecule has 4 saturated carbocycles. The average Bonchev–Trinajstić information content (AvgIpc) is 1.97. The summed E-state index contributed by atoms with van der Waals surface area (Å²) >= 11 is 0. The maximum absolute atomic E-state index is 10.4. The van der Waals surface area contributed by atoms with E-state index in [-0.39, 0.29) is 5.60 Å². The van der Waals surface area contributed by atoms with Gasteiger partial charge in [-0.15, -0.1) is 0 Å². The molecular formula is C12H20O. The minimum atomic E-state index is -0.323. The predicted octanol–water partition coefficient (Wildman–Crippen LogP) is 2.58. The molecule has 1 N–H and O–H groups in total. The molecule has 0 saturated heterocycles. The van der Waals surface area contributed by atoms with Crippen LogP contribution in [0.25, 0.3) is 0 Å². The van der Waals surface area contributed by atoms with Gasteiger partial charge in [0, 0.05) is 0 Å². The Bertz CT molecular complexity index is 226. The van der Waals surface area contributed by atoms with Crippen LogP contribution in [0.5, 0.6) is 0 Å². The maximum Gasteiger partial charge on any atom is 0.0676 e. The topological polar surface area (TPSA) is 20.2 Å².